The normalized spacial score (nSPS) is 12.5. The van der Waals surface area contributed by atoms with Crippen molar-refractivity contribution < 1.29 is 9.18 Å². The smallest absolute Gasteiger partial charge is 0.251 e. The largest absolute Gasteiger partial charge is 0.396 e. The number of rotatable bonds is 5. The summed E-state index contributed by atoms with van der Waals surface area (Å²) in [5, 5.41) is 2.90. The van der Waals surface area contributed by atoms with E-state index in [0.717, 1.165) is 12.8 Å². The molecule has 0 aliphatic heterocycles. The van der Waals surface area contributed by atoms with Gasteiger partial charge in [-0.3, -0.25) is 4.79 Å². The molecule has 1 amide bonds. The lowest BCUT2D eigenvalue weighted by molar-refractivity contribution is 0.0925. The van der Waals surface area contributed by atoms with Gasteiger partial charge in [0, 0.05) is 11.6 Å². The van der Waals surface area contributed by atoms with Crippen LogP contribution in [0.1, 0.15) is 44.0 Å². The van der Waals surface area contributed by atoms with E-state index in [-0.39, 0.29) is 17.6 Å². The molecule has 1 unspecified atom stereocenters. The molecular formula is C14H21FN2O. The van der Waals surface area contributed by atoms with Crippen molar-refractivity contribution in [1.82, 2.24) is 5.32 Å². The second kappa shape index (κ2) is 6.38. The maximum atomic E-state index is 13.3. The third-order valence-corrected chi connectivity index (χ3v) is 3.38. The zero-order chi connectivity index (χ0) is 13.7. The van der Waals surface area contributed by atoms with Crippen molar-refractivity contribution in [1.29, 1.82) is 0 Å². The third-order valence-electron chi connectivity index (χ3n) is 3.38. The van der Waals surface area contributed by atoms with E-state index < -0.39 is 5.82 Å². The first-order valence-electron chi connectivity index (χ1n) is 6.35. The number of nitrogen functional groups attached to an aromatic ring is 1. The van der Waals surface area contributed by atoms with Gasteiger partial charge in [0.2, 0.25) is 0 Å². The van der Waals surface area contributed by atoms with Crippen LogP contribution in [0.4, 0.5) is 10.1 Å². The molecule has 4 heteroatoms. The van der Waals surface area contributed by atoms with E-state index in [1.54, 1.807) is 0 Å². The molecule has 3 nitrogen and oxygen atoms in total. The van der Waals surface area contributed by atoms with Gasteiger partial charge < -0.3 is 11.1 Å². The lowest BCUT2D eigenvalue weighted by Crippen LogP contribution is -2.37. The molecule has 0 aromatic heterocycles. The highest BCUT2D eigenvalue weighted by Crippen LogP contribution is 2.15. The highest BCUT2D eigenvalue weighted by Gasteiger charge is 2.17. The molecule has 18 heavy (non-hydrogen) atoms. The Hall–Kier alpha value is -1.58. The monoisotopic (exact) mass is 252 g/mol. The Morgan fingerprint density at radius 3 is 2.50 bits per heavy atom. The Morgan fingerprint density at radius 1 is 1.39 bits per heavy atom. The van der Waals surface area contributed by atoms with Gasteiger partial charge >= 0.3 is 0 Å². The van der Waals surface area contributed by atoms with Crippen LogP contribution in [-0.4, -0.2) is 11.9 Å². The SMILES string of the molecule is CCC(CC)C(C)NC(=O)c1ccc(N)c(F)c1. The van der Waals surface area contributed by atoms with Crippen molar-refractivity contribution in [2.45, 2.75) is 39.7 Å². The van der Waals surface area contributed by atoms with E-state index in [4.69, 9.17) is 5.73 Å². The molecule has 0 fully saturated rings. The van der Waals surface area contributed by atoms with Gasteiger partial charge in [-0.25, -0.2) is 4.39 Å². The second-order valence-electron chi connectivity index (χ2n) is 4.58. The highest BCUT2D eigenvalue weighted by atomic mass is 19.1. The van der Waals surface area contributed by atoms with E-state index in [1.165, 1.54) is 18.2 Å². The fourth-order valence-electron chi connectivity index (χ4n) is 2.07. The minimum absolute atomic E-state index is 0.0552. The number of halogens is 1. The molecule has 0 heterocycles. The van der Waals surface area contributed by atoms with Crippen LogP contribution in [0.3, 0.4) is 0 Å². The van der Waals surface area contributed by atoms with Gasteiger partial charge in [-0.15, -0.1) is 0 Å². The van der Waals surface area contributed by atoms with Crippen molar-refractivity contribution in [3.05, 3.63) is 29.6 Å². The predicted octanol–water partition coefficient (Wildman–Crippen LogP) is 2.96. The number of benzene rings is 1. The molecule has 0 saturated heterocycles. The van der Waals surface area contributed by atoms with Gasteiger partial charge in [0.1, 0.15) is 5.82 Å². The summed E-state index contributed by atoms with van der Waals surface area (Å²) in [6.07, 6.45) is 2.02. The minimum Gasteiger partial charge on any atom is -0.396 e. The van der Waals surface area contributed by atoms with Crippen molar-refractivity contribution in [2.75, 3.05) is 5.73 Å². The quantitative estimate of drug-likeness (QED) is 0.792. The third kappa shape index (κ3) is 3.45. The van der Waals surface area contributed by atoms with Crippen LogP contribution in [0.5, 0.6) is 0 Å². The standard InChI is InChI=1S/C14H21FN2O/c1-4-10(5-2)9(3)17-14(18)11-6-7-13(16)12(15)8-11/h6-10H,4-5,16H2,1-3H3,(H,17,18). The zero-order valence-corrected chi connectivity index (χ0v) is 11.2. The molecule has 0 aliphatic carbocycles. The summed E-state index contributed by atoms with van der Waals surface area (Å²) in [6, 6.07) is 4.19. The summed E-state index contributed by atoms with van der Waals surface area (Å²) in [4.78, 5) is 11.9. The summed E-state index contributed by atoms with van der Waals surface area (Å²) in [5.74, 6) is -0.376. The Labute approximate surface area is 108 Å². The average Bonchev–Trinajstić information content (AvgIpc) is 2.34. The summed E-state index contributed by atoms with van der Waals surface area (Å²) < 4.78 is 13.3. The van der Waals surface area contributed by atoms with Crippen LogP contribution in [0.25, 0.3) is 0 Å². The second-order valence-corrected chi connectivity index (χ2v) is 4.58. The highest BCUT2D eigenvalue weighted by molar-refractivity contribution is 5.94. The van der Waals surface area contributed by atoms with Gasteiger partial charge in [-0.05, 0) is 31.0 Å². The summed E-state index contributed by atoms with van der Waals surface area (Å²) in [5.41, 5.74) is 5.73. The zero-order valence-electron chi connectivity index (χ0n) is 11.2. The Balaban J connectivity index is 2.73. The molecule has 0 spiro atoms. The summed E-state index contributed by atoms with van der Waals surface area (Å²) in [6.45, 7) is 6.17. The van der Waals surface area contributed by atoms with Gasteiger partial charge in [0.25, 0.3) is 5.91 Å². The molecule has 1 aromatic rings. The van der Waals surface area contributed by atoms with Crippen molar-refractivity contribution >= 4 is 11.6 Å². The van der Waals surface area contributed by atoms with Gasteiger partial charge in [0.15, 0.2) is 0 Å². The molecule has 100 valence electrons. The molecule has 0 radical (unpaired) electrons. The van der Waals surface area contributed by atoms with Gasteiger partial charge in [-0.1, -0.05) is 26.7 Å². The Kier molecular flexibility index (Phi) is 5.13. The minimum atomic E-state index is -0.558. The molecule has 0 aliphatic rings. The van der Waals surface area contributed by atoms with E-state index >= 15 is 0 Å². The molecule has 1 aromatic carbocycles. The number of carbonyl (C=O) groups excluding carboxylic acids is 1. The first-order chi connectivity index (χ1) is 8.49. The Bertz CT molecular complexity index is 416. The number of nitrogens with two attached hydrogens (primary N) is 1. The number of anilines is 1. The van der Waals surface area contributed by atoms with Crippen molar-refractivity contribution in [3.63, 3.8) is 0 Å². The summed E-state index contributed by atoms with van der Waals surface area (Å²) in [7, 11) is 0. The van der Waals surface area contributed by atoms with Crippen LogP contribution >= 0.6 is 0 Å². The molecule has 0 bridgehead atoms. The molecule has 1 rings (SSSR count). The fourth-order valence-corrected chi connectivity index (χ4v) is 2.07. The van der Waals surface area contributed by atoms with Crippen molar-refractivity contribution in [3.8, 4) is 0 Å². The number of hydrogen-bond donors (Lipinski definition) is 2. The van der Waals surface area contributed by atoms with E-state index in [1.807, 2.05) is 6.92 Å². The topological polar surface area (TPSA) is 55.1 Å². The Morgan fingerprint density at radius 2 is 2.00 bits per heavy atom. The number of nitrogens with one attached hydrogen (secondary N) is 1. The van der Waals surface area contributed by atoms with Gasteiger partial charge in [0.05, 0.1) is 5.69 Å². The predicted molar refractivity (Wildman–Crippen MR) is 71.8 cm³/mol. The molecular weight excluding hydrogens is 231 g/mol. The average molecular weight is 252 g/mol. The first kappa shape index (κ1) is 14.5. The van der Waals surface area contributed by atoms with Crippen LogP contribution in [0.15, 0.2) is 18.2 Å². The number of amides is 1. The van der Waals surface area contributed by atoms with Crippen LogP contribution < -0.4 is 11.1 Å². The maximum Gasteiger partial charge on any atom is 0.251 e. The van der Waals surface area contributed by atoms with Crippen molar-refractivity contribution in [2.24, 2.45) is 5.92 Å². The molecule has 0 saturated carbocycles. The lowest BCUT2D eigenvalue weighted by atomic mass is 9.95. The molecule has 1 atom stereocenters. The van der Waals surface area contributed by atoms with E-state index in [2.05, 4.69) is 19.2 Å². The fraction of sp³-hybridized carbons (Fsp3) is 0.500. The number of carbonyl (C=O) groups is 1. The lowest BCUT2D eigenvalue weighted by Gasteiger charge is -2.22. The van der Waals surface area contributed by atoms with E-state index in [9.17, 15) is 9.18 Å². The molecule has 3 N–H and O–H groups in total. The van der Waals surface area contributed by atoms with Crippen LogP contribution in [-0.2, 0) is 0 Å². The van der Waals surface area contributed by atoms with E-state index in [0.29, 0.717) is 11.5 Å². The van der Waals surface area contributed by atoms with Crippen LogP contribution in [0.2, 0.25) is 0 Å². The summed E-state index contributed by atoms with van der Waals surface area (Å²) >= 11 is 0. The maximum absolute atomic E-state index is 13.3. The number of hydrogen-bond acceptors (Lipinski definition) is 2. The van der Waals surface area contributed by atoms with Crippen LogP contribution in [0, 0.1) is 11.7 Å². The van der Waals surface area contributed by atoms with Gasteiger partial charge in [-0.2, -0.15) is 0 Å². The first-order valence-corrected chi connectivity index (χ1v) is 6.35.